The van der Waals surface area contributed by atoms with Gasteiger partial charge in [-0.05, 0) is 32.1 Å². The monoisotopic (exact) mass is 349 g/mol. The van der Waals surface area contributed by atoms with E-state index in [2.05, 4.69) is 20.9 Å². The minimum Gasteiger partial charge on any atom is -0.337 e. The molecule has 0 bridgehead atoms. The fraction of sp³-hybridized carbons (Fsp3) is 0.750. The summed E-state index contributed by atoms with van der Waals surface area (Å²) >= 11 is 3.43. The molecule has 1 aliphatic heterocycles. The number of hydrogen-bond donors (Lipinski definition) is 0. The van der Waals surface area contributed by atoms with Gasteiger partial charge in [0.05, 0.1) is 0 Å². The lowest BCUT2D eigenvalue weighted by Gasteiger charge is -2.31. The first-order valence-corrected chi connectivity index (χ1v) is 9.07. The summed E-state index contributed by atoms with van der Waals surface area (Å²) < 4.78 is 28.4. The van der Waals surface area contributed by atoms with Crippen LogP contribution in [0.25, 0.3) is 0 Å². The van der Waals surface area contributed by atoms with Gasteiger partial charge in [0.1, 0.15) is 5.82 Å². The molecule has 1 atom stereocenters. The van der Waals surface area contributed by atoms with Crippen molar-refractivity contribution in [3.05, 3.63) is 12.0 Å². The van der Waals surface area contributed by atoms with E-state index in [9.17, 15) is 8.42 Å². The standard InChI is InChI=1S/C12H20BrN3O2S/c1-10-14-12(9-15(10)2)19(17,18)16-7-3-4-11(8-16)5-6-13/h9,11H,3-8H2,1-2H3. The molecular formula is C12H20BrN3O2S. The first-order valence-electron chi connectivity index (χ1n) is 6.51. The van der Waals surface area contributed by atoms with E-state index < -0.39 is 10.0 Å². The van der Waals surface area contributed by atoms with Crippen molar-refractivity contribution in [3.63, 3.8) is 0 Å². The maximum Gasteiger partial charge on any atom is 0.262 e. The van der Waals surface area contributed by atoms with Gasteiger partial charge in [-0.2, -0.15) is 4.31 Å². The van der Waals surface area contributed by atoms with Crippen LogP contribution in [-0.4, -0.2) is 40.7 Å². The fourth-order valence-corrected chi connectivity index (χ4v) is 4.65. The topological polar surface area (TPSA) is 55.2 Å². The Labute approximate surface area is 123 Å². The van der Waals surface area contributed by atoms with Gasteiger partial charge in [0.15, 0.2) is 5.03 Å². The van der Waals surface area contributed by atoms with Crippen LogP contribution in [0.5, 0.6) is 0 Å². The lowest BCUT2D eigenvalue weighted by Crippen LogP contribution is -2.40. The Morgan fingerprint density at radius 3 is 2.84 bits per heavy atom. The van der Waals surface area contributed by atoms with Gasteiger partial charge in [-0.25, -0.2) is 13.4 Å². The summed E-state index contributed by atoms with van der Waals surface area (Å²) in [7, 11) is -1.62. The summed E-state index contributed by atoms with van der Waals surface area (Å²) in [5.74, 6) is 1.17. The molecule has 7 heteroatoms. The van der Waals surface area contributed by atoms with Crippen LogP contribution < -0.4 is 0 Å². The maximum absolute atomic E-state index is 12.5. The molecule has 0 N–H and O–H groups in total. The highest BCUT2D eigenvalue weighted by Crippen LogP contribution is 2.25. The van der Waals surface area contributed by atoms with Gasteiger partial charge in [0.2, 0.25) is 0 Å². The van der Waals surface area contributed by atoms with Crippen LogP contribution in [0, 0.1) is 12.8 Å². The SMILES string of the molecule is Cc1nc(S(=O)(=O)N2CCCC(CCBr)C2)cn1C. The summed E-state index contributed by atoms with van der Waals surface area (Å²) in [5, 5.41) is 1.10. The Morgan fingerprint density at radius 1 is 1.53 bits per heavy atom. The van der Waals surface area contributed by atoms with Crippen LogP contribution in [0.4, 0.5) is 0 Å². The Hall–Kier alpha value is -0.400. The van der Waals surface area contributed by atoms with Gasteiger partial charge in [0.25, 0.3) is 10.0 Å². The van der Waals surface area contributed by atoms with Gasteiger partial charge in [-0.1, -0.05) is 15.9 Å². The molecule has 5 nitrogen and oxygen atoms in total. The molecule has 0 amide bonds. The van der Waals surface area contributed by atoms with Crippen molar-refractivity contribution in [2.24, 2.45) is 13.0 Å². The Bertz CT molecular complexity index is 520. The molecule has 0 aromatic carbocycles. The van der Waals surface area contributed by atoms with Crippen LogP contribution in [0.1, 0.15) is 25.1 Å². The lowest BCUT2D eigenvalue weighted by atomic mass is 9.97. The number of aryl methyl sites for hydroxylation is 2. The molecule has 1 aliphatic rings. The molecule has 1 saturated heterocycles. The van der Waals surface area contributed by atoms with Crippen LogP contribution in [0.3, 0.4) is 0 Å². The quantitative estimate of drug-likeness (QED) is 0.780. The predicted octanol–water partition coefficient (Wildman–Crippen LogP) is 1.91. The highest BCUT2D eigenvalue weighted by atomic mass is 79.9. The largest absolute Gasteiger partial charge is 0.337 e. The van der Waals surface area contributed by atoms with Crippen molar-refractivity contribution in [2.75, 3.05) is 18.4 Å². The second kappa shape index (κ2) is 5.93. The zero-order valence-corrected chi connectivity index (χ0v) is 13.7. The number of halogens is 1. The third kappa shape index (κ3) is 3.20. The molecule has 108 valence electrons. The van der Waals surface area contributed by atoms with E-state index in [1.54, 1.807) is 15.1 Å². The average molecular weight is 350 g/mol. The molecule has 2 heterocycles. The molecule has 0 spiro atoms. The molecular weight excluding hydrogens is 330 g/mol. The van der Waals surface area contributed by atoms with E-state index in [0.717, 1.165) is 24.6 Å². The highest BCUT2D eigenvalue weighted by Gasteiger charge is 2.31. The predicted molar refractivity (Wildman–Crippen MR) is 77.8 cm³/mol. The van der Waals surface area contributed by atoms with Gasteiger partial charge in [0, 0.05) is 31.7 Å². The third-order valence-electron chi connectivity index (χ3n) is 3.69. The van der Waals surface area contributed by atoms with Crippen molar-refractivity contribution in [2.45, 2.75) is 31.2 Å². The molecule has 1 aromatic heterocycles. The van der Waals surface area contributed by atoms with Gasteiger partial charge in [-0.15, -0.1) is 0 Å². The summed E-state index contributed by atoms with van der Waals surface area (Å²) in [5.41, 5.74) is 0. The number of imidazole rings is 1. The van der Waals surface area contributed by atoms with Crippen molar-refractivity contribution in [1.29, 1.82) is 0 Å². The molecule has 0 saturated carbocycles. The summed E-state index contributed by atoms with van der Waals surface area (Å²) in [6, 6.07) is 0. The first-order chi connectivity index (χ1) is 8.95. The third-order valence-corrected chi connectivity index (χ3v) is 5.88. The molecule has 2 rings (SSSR count). The molecule has 19 heavy (non-hydrogen) atoms. The molecule has 1 unspecified atom stereocenters. The number of aromatic nitrogens is 2. The van der Waals surface area contributed by atoms with Crippen molar-refractivity contribution >= 4 is 26.0 Å². The summed E-state index contributed by atoms with van der Waals surface area (Å²) in [4.78, 5) is 4.15. The van der Waals surface area contributed by atoms with E-state index in [-0.39, 0.29) is 5.03 Å². The van der Waals surface area contributed by atoms with E-state index in [1.807, 2.05) is 14.0 Å². The maximum atomic E-state index is 12.5. The number of hydrogen-bond acceptors (Lipinski definition) is 3. The van der Waals surface area contributed by atoms with E-state index in [1.165, 1.54) is 0 Å². The molecule has 1 aromatic rings. The average Bonchev–Trinajstić information content (AvgIpc) is 2.71. The summed E-state index contributed by atoms with van der Waals surface area (Å²) in [6.07, 6.45) is 4.66. The van der Waals surface area contributed by atoms with Gasteiger partial charge in [-0.3, -0.25) is 0 Å². The van der Waals surface area contributed by atoms with Gasteiger partial charge < -0.3 is 4.57 Å². The smallest absolute Gasteiger partial charge is 0.262 e. The highest BCUT2D eigenvalue weighted by molar-refractivity contribution is 9.09. The number of rotatable bonds is 4. The minimum absolute atomic E-state index is 0.173. The minimum atomic E-state index is -3.43. The Balaban J connectivity index is 2.19. The number of piperidine rings is 1. The van der Waals surface area contributed by atoms with E-state index >= 15 is 0 Å². The van der Waals surface area contributed by atoms with Crippen molar-refractivity contribution in [3.8, 4) is 0 Å². The molecule has 0 radical (unpaired) electrons. The number of nitrogens with zero attached hydrogens (tertiary/aromatic N) is 3. The van der Waals surface area contributed by atoms with E-state index in [4.69, 9.17) is 0 Å². The van der Waals surface area contributed by atoms with Crippen LogP contribution in [0.2, 0.25) is 0 Å². The molecule has 1 fully saturated rings. The second-order valence-corrected chi connectivity index (χ2v) is 7.76. The Morgan fingerprint density at radius 2 is 2.26 bits per heavy atom. The van der Waals surface area contributed by atoms with Crippen LogP contribution >= 0.6 is 15.9 Å². The molecule has 0 aliphatic carbocycles. The zero-order valence-electron chi connectivity index (χ0n) is 11.3. The van der Waals surface area contributed by atoms with Crippen molar-refractivity contribution in [1.82, 2.24) is 13.9 Å². The lowest BCUT2D eigenvalue weighted by molar-refractivity contribution is 0.262. The Kier molecular flexibility index (Phi) is 4.68. The van der Waals surface area contributed by atoms with Gasteiger partial charge >= 0.3 is 0 Å². The fourth-order valence-electron chi connectivity index (χ4n) is 2.42. The second-order valence-electron chi connectivity index (χ2n) is 5.09. The first kappa shape index (κ1) is 15.0. The zero-order chi connectivity index (χ0) is 14.0. The normalized spacial score (nSPS) is 21.7. The van der Waals surface area contributed by atoms with Crippen molar-refractivity contribution < 1.29 is 8.42 Å². The van der Waals surface area contributed by atoms with Crippen LogP contribution in [0.15, 0.2) is 11.2 Å². The van der Waals surface area contributed by atoms with Crippen LogP contribution in [-0.2, 0) is 17.1 Å². The van der Waals surface area contributed by atoms with E-state index in [0.29, 0.717) is 24.8 Å². The number of sulfonamides is 1. The number of alkyl halides is 1. The summed E-state index contributed by atoms with van der Waals surface area (Å²) in [6.45, 7) is 3.03.